The first-order valence-electron chi connectivity index (χ1n) is 4.57. The molecule has 0 aliphatic heterocycles. The number of rotatable bonds is 4. The molecule has 2 aromatic rings. The third-order valence-electron chi connectivity index (χ3n) is 1.93. The molecule has 8 nitrogen and oxygen atoms in total. The molecule has 0 bridgehead atoms. The number of hydrogen-bond acceptors (Lipinski definition) is 6. The van der Waals surface area contributed by atoms with Crippen molar-refractivity contribution in [3.63, 3.8) is 0 Å². The number of nitrogens with one attached hydrogen (secondary N) is 3. The quantitative estimate of drug-likeness (QED) is 0.445. The standard InChI is InChI=1S/C8H10N6O2S/c9-13-7-6(2-1-3-10-7)17(15,16)14-8-11-4-5-12-8/h1-5H,9H2,(H,10,13)(H2,11,12,14). The number of aromatic amines is 1. The molecule has 0 fully saturated rings. The zero-order valence-corrected chi connectivity index (χ0v) is 9.40. The fourth-order valence-corrected chi connectivity index (χ4v) is 2.32. The van der Waals surface area contributed by atoms with E-state index in [0.29, 0.717) is 0 Å². The number of H-pyrrole nitrogens is 1. The summed E-state index contributed by atoms with van der Waals surface area (Å²) in [6, 6.07) is 2.88. The van der Waals surface area contributed by atoms with Crippen LogP contribution < -0.4 is 16.0 Å². The lowest BCUT2D eigenvalue weighted by Crippen LogP contribution is -2.19. The number of hydrazine groups is 1. The lowest BCUT2D eigenvalue weighted by atomic mass is 10.5. The molecular formula is C8H10N6O2S. The van der Waals surface area contributed by atoms with Crippen LogP contribution in [0, 0.1) is 0 Å². The fraction of sp³-hybridized carbons (Fsp3) is 0. The number of aromatic nitrogens is 3. The molecule has 2 heterocycles. The SMILES string of the molecule is NNc1ncccc1S(=O)(=O)Nc1ncc[nH]1. The van der Waals surface area contributed by atoms with E-state index in [-0.39, 0.29) is 16.7 Å². The van der Waals surface area contributed by atoms with Crippen LogP contribution in [0.15, 0.2) is 35.6 Å². The Bertz CT molecular complexity index is 594. The van der Waals surface area contributed by atoms with Crippen LogP contribution in [0.5, 0.6) is 0 Å². The van der Waals surface area contributed by atoms with Crippen molar-refractivity contribution in [1.82, 2.24) is 15.0 Å². The van der Waals surface area contributed by atoms with Gasteiger partial charge in [-0.3, -0.25) is 0 Å². The highest BCUT2D eigenvalue weighted by molar-refractivity contribution is 7.92. The van der Waals surface area contributed by atoms with Crippen LogP contribution in [-0.4, -0.2) is 23.4 Å². The molecule has 90 valence electrons. The van der Waals surface area contributed by atoms with E-state index in [4.69, 9.17) is 5.84 Å². The van der Waals surface area contributed by atoms with Crippen molar-refractivity contribution in [2.24, 2.45) is 5.84 Å². The first kappa shape index (κ1) is 11.4. The van der Waals surface area contributed by atoms with Gasteiger partial charge in [-0.2, -0.15) is 0 Å². The van der Waals surface area contributed by atoms with Crippen molar-refractivity contribution >= 4 is 21.8 Å². The number of nitrogen functional groups attached to an aromatic ring is 1. The Morgan fingerprint density at radius 2 is 2.12 bits per heavy atom. The maximum absolute atomic E-state index is 12.0. The van der Waals surface area contributed by atoms with E-state index < -0.39 is 10.0 Å². The molecule has 17 heavy (non-hydrogen) atoms. The Morgan fingerprint density at radius 1 is 1.29 bits per heavy atom. The van der Waals surface area contributed by atoms with Gasteiger partial charge in [0.05, 0.1) is 0 Å². The summed E-state index contributed by atoms with van der Waals surface area (Å²) in [7, 11) is -3.77. The third-order valence-corrected chi connectivity index (χ3v) is 3.30. The molecule has 0 saturated heterocycles. The minimum atomic E-state index is -3.77. The van der Waals surface area contributed by atoms with Crippen molar-refractivity contribution in [1.29, 1.82) is 0 Å². The van der Waals surface area contributed by atoms with Gasteiger partial charge in [-0.05, 0) is 12.1 Å². The summed E-state index contributed by atoms with van der Waals surface area (Å²) in [5.41, 5.74) is 2.22. The number of sulfonamides is 1. The van der Waals surface area contributed by atoms with Gasteiger partial charge in [0.2, 0.25) is 5.95 Å². The molecular weight excluding hydrogens is 244 g/mol. The summed E-state index contributed by atoms with van der Waals surface area (Å²) in [5, 5.41) is 0. The second-order valence-corrected chi connectivity index (χ2v) is 4.69. The summed E-state index contributed by atoms with van der Waals surface area (Å²) in [4.78, 5) is 10.1. The largest absolute Gasteiger partial charge is 0.330 e. The monoisotopic (exact) mass is 254 g/mol. The second-order valence-electron chi connectivity index (χ2n) is 3.04. The molecule has 0 aliphatic carbocycles. The van der Waals surface area contributed by atoms with E-state index in [0.717, 1.165) is 0 Å². The summed E-state index contributed by atoms with van der Waals surface area (Å²) in [6.45, 7) is 0. The highest BCUT2D eigenvalue weighted by Gasteiger charge is 2.19. The Hall–Kier alpha value is -2.13. The first-order valence-corrected chi connectivity index (χ1v) is 6.05. The number of imidazole rings is 1. The summed E-state index contributed by atoms with van der Waals surface area (Å²) in [6.07, 6.45) is 4.37. The highest BCUT2D eigenvalue weighted by atomic mass is 32.2. The molecule has 5 N–H and O–H groups in total. The molecule has 0 atom stereocenters. The van der Waals surface area contributed by atoms with Crippen LogP contribution in [-0.2, 0) is 10.0 Å². The zero-order valence-electron chi connectivity index (χ0n) is 8.58. The Kier molecular flexibility index (Phi) is 2.93. The average Bonchev–Trinajstić information content (AvgIpc) is 2.81. The van der Waals surface area contributed by atoms with Gasteiger partial charge in [-0.25, -0.2) is 29.0 Å². The Labute approximate surface area is 97.3 Å². The predicted octanol–water partition coefficient (Wildman–Crippen LogP) is -0.109. The Balaban J connectivity index is 2.38. The van der Waals surface area contributed by atoms with Gasteiger partial charge >= 0.3 is 0 Å². The molecule has 2 rings (SSSR count). The van der Waals surface area contributed by atoms with Crippen LogP contribution in [0.2, 0.25) is 0 Å². The lowest BCUT2D eigenvalue weighted by Gasteiger charge is -2.08. The van der Waals surface area contributed by atoms with Crippen LogP contribution in [0.4, 0.5) is 11.8 Å². The summed E-state index contributed by atoms with van der Waals surface area (Å²) >= 11 is 0. The minimum Gasteiger partial charge on any atom is -0.330 e. The summed E-state index contributed by atoms with van der Waals surface area (Å²) in [5.74, 6) is 5.38. The molecule has 0 aliphatic rings. The van der Waals surface area contributed by atoms with Crippen LogP contribution in [0.3, 0.4) is 0 Å². The van der Waals surface area contributed by atoms with Crippen LogP contribution in [0.25, 0.3) is 0 Å². The summed E-state index contributed by atoms with van der Waals surface area (Å²) < 4.78 is 26.2. The predicted molar refractivity (Wildman–Crippen MR) is 61.4 cm³/mol. The smallest absolute Gasteiger partial charge is 0.267 e. The molecule has 0 saturated carbocycles. The third kappa shape index (κ3) is 2.34. The molecule has 0 aromatic carbocycles. The normalized spacial score (nSPS) is 11.1. The van der Waals surface area contributed by atoms with Gasteiger partial charge in [0, 0.05) is 18.6 Å². The van der Waals surface area contributed by atoms with Crippen molar-refractivity contribution in [2.75, 3.05) is 10.1 Å². The van der Waals surface area contributed by atoms with Gasteiger partial charge in [0.25, 0.3) is 10.0 Å². The van der Waals surface area contributed by atoms with Crippen LogP contribution >= 0.6 is 0 Å². The number of pyridine rings is 1. The van der Waals surface area contributed by atoms with Crippen molar-refractivity contribution in [2.45, 2.75) is 4.90 Å². The molecule has 0 radical (unpaired) electrons. The maximum atomic E-state index is 12.0. The van der Waals surface area contributed by atoms with E-state index in [9.17, 15) is 8.42 Å². The van der Waals surface area contributed by atoms with Gasteiger partial charge in [0.15, 0.2) is 5.82 Å². The van der Waals surface area contributed by atoms with Gasteiger partial charge < -0.3 is 10.4 Å². The topological polar surface area (TPSA) is 126 Å². The number of hydrogen-bond donors (Lipinski definition) is 4. The molecule has 9 heteroatoms. The zero-order chi connectivity index (χ0) is 12.3. The first-order chi connectivity index (χ1) is 8.13. The maximum Gasteiger partial charge on any atom is 0.267 e. The van der Waals surface area contributed by atoms with Gasteiger partial charge in [-0.15, -0.1) is 0 Å². The van der Waals surface area contributed by atoms with Crippen molar-refractivity contribution in [3.05, 3.63) is 30.7 Å². The van der Waals surface area contributed by atoms with E-state index in [1.165, 1.54) is 30.7 Å². The Morgan fingerprint density at radius 3 is 2.76 bits per heavy atom. The van der Waals surface area contributed by atoms with E-state index in [1.54, 1.807) is 0 Å². The number of nitrogens with two attached hydrogens (primary N) is 1. The highest BCUT2D eigenvalue weighted by Crippen LogP contribution is 2.18. The van der Waals surface area contributed by atoms with E-state index >= 15 is 0 Å². The lowest BCUT2D eigenvalue weighted by molar-refractivity contribution is 0.601. The van der Waals surface area contributed by atoms with Gasteiger partial charge in [0.1, 0.15) is 4.90 Å². The molecule has 0 unspecified atom stereocenters. The van der Waals surface area contributed by atoms with E-state index in [1.807, 2.05) is 0 Å². The van der Waals surface area contributed by atoms with E-state index in [2.05, 4.69) is 25.1 Å². The molecule has 0 amide bonds. The second kappa shape index (κ2) is 4.39. The number of nitrogens with zero attached hydrogens (tertiary/aromatic N) is 2. The molecule has 2 aromatic heterocycles. The van der Waals surface area contributed by atoms with Crippen molar-refractivity contribution in [3.8, 4) is 0 Å². The number of anilines is 2. The average molecular weight is 254 g/mol. The minimum absolute atomic E-state index is 0.0566. The van der Waals surface area contributed by atoms with Gasteiger partial charge in [-0.1, -0.05) is 0 Å². The van der Waals surface area contributed by atoms with Crippen molar-refractivity contribution < 1.29 is 8.42 Å². The fourth-order valence-electron chi connectivity index (χ4n) is 1.22. The van der Waals surface area contributed by atoms with Crippen LogP contribution in [0.1, 0.15) is 0 Å². The molecule has 0 spiro atoms.